The van der Waals surface area contributed by atoms with Crippen molar-refractivity contribution < 1.29 is 14.3 Å². The molecule has 0 aliphatic carbocycles. The van der Waals surface area contributed by atoms with Crippen molar-refractivity contribution >= 4 is 5.97 Å². The molecule has 2 N–H and O–H groups in total. The number of benzene rings is 2. The second kappa shape index (κ2) is 7.61. The molecule has 0 amide bonds. The van der Waals surface area contributed by atoms with E-state index in [1.165, 1.54) is 0 Å². The van der Waals surface area contributed by atoms with E-state index >= 15 is 0 Å². The number of carbonyl (C=O) groups is 1. The molecule has 0 aliphatic rings. The Bertz CT molecular complexity index is 611. The van der Waals surface area contributed by atoms with Crippen LogP contribution in [0.5, 0.6) is 5.75 Å². The smallest absolute Gasteiger partial charge is 0.327 e. The van der Waals surface area contributed by atoms with Gasteiger partial charge in [0.25, 0.3) is 0 Å². The summed E-state index contributed by atoms with van der Waals surface area (Å²) in [6.45, 7) is 4.06. The van der Waals surface area contributed by atoms with E-state index in [9.17, 15) is 4.79 Å². The van der Waals surface area contributed by atoms with Crippen LogP contribution in [0.1, 0.15) is 31.0 Å². The Kier molecular flexibility index (Phi) is 5.55. The minimum atomic E-state index is -0.803. The summed E-state index contributed by atoms with van der Waals surface area (Å²) in [5, 5.41) is 0. The summed E-state index contributed by atoms with van der Waals surface area (Å²) in [5.74, 6) is 0.240. The highest BCUT2D eigenvalue weighted by molar-refractivity contribution is 5.77. The molecule has 0 spiro atoms. The van der Waals surface area contributed by atoms with Gasteiger partial charge in [-0.1, -0.05) is 42.5 Å². The summed E-state index contributed by atoms with van der Waals surface area (Å²) >= 11 is 0. The lowest BCUT2D eigenvalue weighted by molar-refractivity contribution is -0.149. The van der Waals surface area contributed by atoms with Crippen LogP contribution in [0.2, 0.25) is 0 Å². The molecular formula is C18H21NO3. The van der Waals surface area contributed by atoms with Gasteiger partial charge in [0.15, 0.2) is 0 Å². The fourth-order valence-corrected chi connectivity index (χ4v) is 1.98. The first kappa shape index (κ1) is 16.0. The maximum atomic E-state index is 11.9. The average Bonchev–Trinajstić information content (AvgIpc) is 2.53. The fourth-order valence-electron chi connectivity index (χ4n) is 1.98. The number of hydrogen-bond acceptors (Lipinski definition) is 4. The van der Waals surface area contributed by atoms with E-state index in [-0.39, 0.29) is 6.10 Å². The Balaban J connectivity index is 2.01. The quantitative estimate of drug-likeness (QED) is 0.832. The third-order valence-corrected chi connectivity index (χ3v) is 3.07. The van der Waals surface area contributed by atoms with Gasteiger partial charge in [0.2, 0.25) is 0 Å². The first-order chi connectivity index (χ1) is 10.6. The van der Waals surface area contributed by atoms with Crippen LogP contribution in [0, 0.1) is 0 Å². The normalized spacial score (nSPS) is 12.0. The molecule has 0 fully saturated rings. The van der Waals surface area contributed by atoms with Crippen LogP contribution in [0.25, 0.3) is 0 Å². The van der Waals surface area contributed by atoms with Gasteiger partial charge in [-0.2, -0.15) is 0 Å². The van der Waals surface area contributed by atoms with E-state index in [1.807, 2.05) is 42.5 Å². The van der Waals surface area contributed by atoms with Gasteiger partial charge in [-0.3, -0.25) is 0 Å². The zero-order valence-corrected chi connectivity index (χ0v) is 12.9. The van der Waals surface area contributed by atoms with Gasteiger partial charge in [0.1, 0.15) is 18.4 Å². The molecule has 0 heterocycles. The van der Waals surface area contributed by atoms with E-state index in [2.05, 4.69) is 0 Å². The topological polar surface area (TPSA) is 61.5 Å². The molecule has 22 heavy (non-hydrogen) atoms. The minimum Gasteiger partial charge on any atom is -0.489 e. The second-order valence-electron chi connectivity index (χ2n) is 5.31. The van der Waals surface area contributed by atoms with E-state index in [1.54, 1.807) is 26.0 Å². The molecule has 0 saturated carbocycles. The molecule has 4 nitrogen and oxygen atoms in total. The molecule has 1 atom stereocenters. The molecule has 1 unspecified atom stereocenters. The van der Waals surface area contributed by atoms with Gasteiger partial charge in [0.05, 0.1) is 6.10 Å². The summed E-state index contributed by atoms with van der Waals surface area (Å²) in [7, 11) is 0. The molecule has 4 heteroatoms. The molecule has 0 aromatic heterocycles. The van der Waals surface area contributed by atoms with E-state index in [4.69, 9.17) is 15.2 Å². The molecular weight excluding hydrogens is 278 g/mol. The molecule has 2 aromatic carbocycles. The lowest BCUT2D eigenvalue weighted by Crippen LogP contribution is -2.26. The van der Waals surface area contributed by atoms with Crippen molar-refractivity contribution in [3.05, 3.63) is 65.7 Å². The van der Waals surface area contributed by atoms with Gasteiger partial charge in [-0.25, -0.2) is 4.79 Å². The fraction of sp³-hybridized carbons (Fsp3) is 0.278. The molecule has 2 aromatic rings. The standard InChI is InChI=1S/C18H21NO3/c1-13(2)22-18(20)17(19)15-9-6-10-16(11-15)21-12-14-7-4-3-5-8-14/h3-11,13,17H,12,19H2,1-2H3. The van der Waals surface area contributed by atoms with E-state index < -0.39 is 12.0 Å². The zero-order valence-electron chi connectivity index (χ0n) is 12.9. The molecule has 0 radical (unpaired) electrons. The number of rotatable bonds is 6. The Morgan fingerprint density at radius 3 is 2.50 bits per heavy atom. The van der Waals surface area contributed by atoms with Gasteiger partial charge >= 0.3 is 5.97 Å². The number of ether oxygens (including phenoxy) is 2. The lowest BCUT2D eigenvalue weighted by Gasteiger charge is -2.15. The third kappa shape index (κ3) is 4.60. The maximum Gasteiger partial charge on any atom is 0.327 e. The Morgan fingerprint density at radius 1 is 1.09 bits per heavy atom. The molecule has 116 valence electrons. The van der Waals surface area contributed by atoms with Gasteiger partial charge in [0, 0.05) is 0 Å². The van der Waals surface area contributed by atoms with Gasteiger partial charge in [-0.15, -0.1) is 0 Å². The number of hydrogen-bond donors (Lipinski definition) is 1. The summed E-state index contributed by atoms with van der Waals surface area (Å²) < 4.78 is 10.9. The molecule has 0 bridgehead atoms. The van der Waals surface area contributed by atoms with Crippen LogP contribution in [0.4, 0.5) is 0 Å². The van der Waals surface area contributed by atoms with Crippen LogP contribution < -0.4 is 10.5 Å². The van der Waals surface area contributed by atoms with Crippen LogP contribution in [0.3, 0.4) is 0 Å². The van der Waals surface area contributed by atoms with Gasteiger partial charge < -0.3 is 15.2 Å². The first-order valence-corrected chi connectivity index (χ1v) is 7.29. The van der Waals surface area contributed by atoms with Crippen molar-refractivity contribution in [1.82, 2.24) is 0 Å². The largest absolute Gasteiger partial charge is 0.489 e. The Labute approximate surface area is 130 Å². The highest BCUT2D eigenvalue weighted by Gasteiger charge is 2.18. The predicted octanol–water partition coefficient (Wildman–Crippen LogP) is 3.22. The monoisotopic (exact) mass is 299 g/mol. The van der Waals surface area contributed by atoms with Crippen molar-refractivity contribution in [2.24, 2.45) is 5.73 Å². The van der Waals surface area contributed by atoms with Crippen LogP contribution in [-0.2, 0) is 16.1 Å². The highest BCUT2D eigenvalue weighted by Crippen LogP contribution is 2.20. The van der Waals surface area contributed by atoms with Gasteiger partial charge in [-0.05, 0) is 37.1 Å². The average molecular weight is 299 g/mol. The van der Waals surface area contributed by atoms with E-state index in [0.717, 1.165) is 5.56 Å². The number of nitrogens with two attached hydrogens (primary N) is 1. The number of carbonyl (C=O) groups excluding carboxylic acids is 1. The molecule has 0 aliphatic heterocycles. The Hall–Kier alpha value is -2.33. The Morgan fingerprint density at radius 2 is 1.82 bits per heavy atom. The lowest BCUT2D eigenvalue weighted by atomic mass is 10.1. The summed E-state index contributed by atoms with van der Waals surface area (Å²) in [4.78, 5) is 11.9. The zero-order chi connectivity index (χ0) is 15.9. The summed E-state index contributed by atoms with van der Waals surface area (Å²) in [6, 6.07) is 16.3. The SMILES string of the molecule is CC(C)OC(=O)C(N)c1cccc(OCc2ccccc2)c1. The van der Waals surface area contributed by atoms with Crippen LogP contribution in [-0.4, -0.2) is 12.1 Å². The highest BCUT2D eigenvalue weighted by atomic mass is 16.5. The van der Waals surface area contributed by atoms with Crippen molar-refractivity contribution in [3.8, 4) is 5.75 Å². The second-order valence-corrected chi connectivity index (χ2v) is 5.31. The maximum absolute atomic E-state index is 11.9. The first-order valence-electron chi connectivity index (χ1n) is 7.29. The third-order valence-electron chi connectivity index (χ3n) is 3.07. The van der Waals surface area contributed by atoms with Crippen molar-refractivity contribution in [2.75, 3.05) is 0 Å². The minimum absolute atomic E-state index is 0.184. The van der Waals surface area contributed by atoms with Crippen LogP contribution >= 0.6 is 0 Å². The number of esters is 1. The summed E-state index contributed by atoms with van der Waals surface area (Å²) in [6.07, 6.45) is -0.184. The van der Waals surface area contributed by atoms with E-state index in [0.29, 0.717) is 17.9 Å². The van der Waals surface area contributed by atoms with Crippen LogP contribution in [0.15, 0.2) is 54.6 Å². The van der Waals surface area contributed by atoms with Crippen molar-refractivity contribution in [1.29, 1.82) is 0 Å². The van der Waals surface area contributed by atoms with Crippen molar-refractivity contribution in [3.63, 3.8) is 0 Å². The predicted molar refractivity (Wildman–Crippen MR) is 85.4 cm³/mol. The van der Waals surface area contributed by atoms with Crippen molar-refractivity contribution in [2.45, 2.75) is 32.6 Å². The molecule has 0 saturated heterocycles. The molecule has 2 rings (SSSR count). The summed E-state index contributed by atoms with van der Waals surface area (Å²) in [5.41, 5.74) is 7.69.